The molecule has 1 rings (SSSR count). The van der Waals surface area contributed by atoms with Gasteiger partial charge in [-0.15, -0.1) is 0 Å². The van der Waals surface area contributed by atoms with Gasteiger partial charge >= 0.3 is 0 Å². The van der Waals surface area contributed by atoms with E-state index in [0.29, 0.717) is 23.3 Å². The van der Waals surface area contributed by atoms with E-state index in [1.807, 2.05) is 13.8 Å². The molecule has 0 aliphatic rings. The van der Waals surface area contributed by atoms with Crippen LogP contribution >= 0.6 is 0 Å². The quantitative estimate of drug-likeness (QED) is 0.795. The molecule has 0 aromatic carbocycles. The predicted octanol–water partition coefficient (Wildman–Crippen LogP) is 2.30. The summed E-state index contributed by atoms with van der Waals surface area (Å²) in [6.45, 7) is 9.08. The zero-order chi connectivity index (χ0) is 12.8. The molecule has 0 saturated heterocycles. The van der Waals surface area contributed by atoms with Gasteiger partial charge in [-0.1, -0.05) is 13.8 Å². The number of ether oxygens (including phenoxy) is 1. The van der Waals surface area contributed by atoms with E-state index in [0.717, 1.165) is 13.0 Å². The van der Waals surface area contributed by atoms with Gasteiger partial charge < -0.3 is 15.8 Å². The van der Waals surface area contributed by atoms with Crippen molar-refractivity contribution in [1.82, 2.24) is 9.97 Å². The Morgan fingerprint density at radius 3 is 2.59 bits per heavy atom. The molecular weight excluding hydrogens is 216 g/mol. The van der Waals surface area contributed by atoms with Crippen molar-refractivity contribution in [2.75, 3.05) is 17.6 Å². The van der Waals surface area contributed by atoms with Crippen molar-refractivity contribution in [2.24, 2.45) is 5.92 Å². The van der Waals surface area contributed by atoms with Gasteiger partial charge in [0.2, 0.25) is 5.88 Å². The SMILES string of the molecule is CC(C)CCNc1ncnc(OC(C)C)c1N. The first kappa shape index (κ1) is 13.5. The maximum Gasteiger partial charge on any atom is 0.242 e. The van der Waals surface area contributed by atoms with Crippen LogP contribution in [0, 0.1) is 5.92 Å². The molecule has 0 aliphatic heterocycles. The van der Waals surface area contributed by atoms with Crippen LogP contribution in [0.3, 0.4) is 0 Å². The first-order valence-electron chi connectivity index (χ1n) is 6.01. The monoisotopic (exact) mass is 238 g/mol. The van der Waals surface area contributed by atoms with E-state index in [2.05, 4.69) is 29.1 Å². The molecule has 17 heavy (non-hydrogen) atoms. The van der Waals surface area contributed by atoms with Crippen molar-refractivity contribution < 1.29 is 4.74 Å². The fraction of sp³-hybridized carbons (Fsp3) is 0.667. The Labute approximate surface area is 103 Å². The molecule has 96 valence electrons. The second-order valence-corrected chi connectivity index (χ2v) is 4.72. The summed E-state index contributed by atoms with van der Waals surface area (Å²) in [5, 5.41) is 3.20. The Kier molecular flexibility index (Phi) is 5.00. The van der Waals surface area contributed by atoms with Gasteiger partial charge in [0.15, 0.2) is 5.82 Å². The van der Waals surface area contributed by atoms with Gasteiger partial charge in [0.05, 0.1) is 6.10 Å². The highest BCUT2D eigenvalue weighted by Crippen LogP contribution is 2.25. The number of anilines is 2. The minimum Gasteiger partial charge on any atom is -0.473 e. The number of rotatable bonds is 6. The standard InChI is InChI=1S/C12H22N4O/c1-8(2)5-6-14-11-10(13)12(16-7-15-11)17-9(3)4/h7-9H,5-6,13H2,1-4H3,(H,14,15,16). The van der Waals surface area contributed by atoms with Crippen molar-refractivity contribution in [1.29, 1.82) is 0 Å². The van der Waals surface area contributed by atoms with E-state index < -0.39 is 0 Å². The third-order valence-electron chi connectivity index (χ3n) is 2.21. The normalized spacial score (nSPS) is 10.9. The summed E-state index contributed by atoms with van der Waals surface area (Å²) >= 11 is 0. The Hall–Kier alpha value is -1.52. The summed E-state index contributed by atoms with van der Waals surface area (Å²) in [5.41, 5.74) is 6.41. The van der Waals surface area contributed by atoms with Crippen LogP contribution in [0.5, 0.6) is 5.88 Å². The molecule has 0 atom stereocenters. The number of hydrogen-bond acceptors (Lipinski definition) is 5. The first-order chi connectivity index (χ1) is 8.00. The third kappa shape index (κ3) is 4.46. The lowest BCUT2D eigenvalue weighted by molar-refractivity contribution is 0.234. The van der Waals surface area contributed by atoms with Gasteiger partial charge in [-0.25, -0.2) is 4.98 Å². The molecule has 1 heterocycles. The molecule has 5 nitrogen and oxygen atoms in total. The van der Waals surface area contributed by atoms with Crippen LogP contribution in [-0.2, 0) is 0 Å². The molecule has 0 aliphatic carbocycles. The third-order valence-corrected chi connectivity index (χ3v) is 2.21. The molecule has 0 bridgehead atoms. The predicted molar refractivity (Wildman–Crippen MR) is 70.2 cm³/mol. The van der Waals surface area contributed by atoms with E-state index in [-0.39, 0.29) is 6.10 Å². The lowest BCUT2D eigenvalue weighted by atomic mass is 10.1. The highest BCUT2D eigenvalue weighted by Gasteiger charge is 2.10. The van der Waals surface area contributed by atoms with Crippen molar-refractivity contribution in [2.45, 2.75) is 40.2 Å². The molecule has 0 unspecified atom stereocenters. The van der Waals surface area contributed by atoms with Crippen LogP contribution in [0.25, 0.3) is 0 Å². The minimum atomic E-state index is 0.0516. The van der Waals surface area contributed by atoms with Gasteiger partial charge in [0.25, 0.3) is 0 Å². The van der Waals surface area contributed by atoms with Crippen LogP contribution in [0.4, 0.5) is 11.5 Å². The number of aromatic nitrogens is 2. The van der Waals surface area contributed by atoms with Crippen molar-refractivity contribution in [3.8, 4) is 5.88 Å². The number of nitrogens with two attached hydrogens (primary N) is 1. The van der Waals surface area contributed by atoms with Crippen molar-refractivity contribution >= 4 is 11.5 Å². The van der Waals surface area contributed by atoms with E-state index in [4.69, 9.17) is 10.5 Å². The van der Waals surface area contributed by atoms with Crippen LogP contribution in [0.1, 0.15) is 34.1 Å². The highest BCUT2D eigenvalue weighted by atomic mass is 16.5. The fourth-order valence-corrected chi connectivity index (χ4v) is 1.32. The molecule has 0 amide bonds. The zero-order valence-corrected chi connectivity index (χ0v) is 11.0. The van der Waals surface area contributed by atoms with Crippen molar-refractivity contribution in [3.05, 3.63) is 6.33 Å². The maximum absolute atomic E-state index is 5.94. The Morgan fingerprint density at radius 2 is 2.00 bits per heavy atom. The second kappa shape index (κ2) is 6.27. The number of nitrogens with zero attached hydrogens (tertiary/aromatic N) is 2. The Balaban J connectivity index is 2.66. The summed E-state index contributed by atoms with van der Waals surface area (Å²) in [6, 6.07) is 0. The molecule has 0 radical (unpaired) electrons. The minimum absolute atomic E-state index is 0.0516. The molecule has 0 spiro atoms. The van der Waals surface area contributed by atoms with E-state index in [1.165, 1.54) is 6.33 Å². The van der Waals surface area contributed by atoms with Gasteiger partial charge in [-0.2, -0.15) is 4.98 Å². The topological polar surface area (TPSA) is 73.1 Å². The number of nitrogen functional groups attached to an aromatic ring is 1. The van der Waals surface area contributed by atoms with Gasteiger partial charge in [-0.3, -0.25) is 0 Å². The maximum atomic E-state index is 5.94. The molecule has 3 N–H and O–H groups in total. The van der Waals surface area contributed by atoms with E-state index >= 15 is 0 Å². The summed E-state index contributed by atoms with van der Waals surface area (Å²) in [7, 11) is 0. The Bertz CT molecular complexity index is 352. The van der Waals surface area contributed by atoms with Crippen LogP contribution in [0.2, 0.25) is 0 Å². The number of hydrogen-bond donors (Lipinski definition) is 2. The van der Waals surface area contributed by atoms with E-state index in [1.54, 1.807) is 0 Å². The average molecular weight is 238 g/mol. The molecule has 1 aromatic heterocycles. The number of nitrogens with one attached hydrogen (secondary N) is 1. The Morgan fingerprint density at radius 1 is 1.29 bits per heavy atom. The van der Waals surface area contributed by atoms with Crippen molar-refractivity contribution in [3.63, 3.8) is 0 Å². The van der Waals surface area contributed by atoms with E-state index in [9.17, 15) is 0 Å². The summed E-state index contributed by atoms with van der Waals surface area (Å²) in [6.07, 6.45) is 2.59. The first-order valence-corrected chi connectivity index (χ1v) is 6.01. The molecule has 0 fully saturated rings. The van der Waals surface area contributed by atoms with Crippen LogP contribution in [-0.4, -0.2) is 22.6 Å². The summed E-state index contributed by atoms with van der Waals surface area (Å²) in [4.78, 5) is 8.14. The fourth-order valence-electron chi connectivity index (χ4n) is 1.32. The van der Waals surface area contributed by atoms with Gasteiger partial charge in [0.1, 0.15) is 12.0 Å². The largest absolute Gasteiger partial charge is 0.473 e. The summed E-state index contributed by atoms with van der Waals surface area (Å²) in [5.74, 6) is 1.75. The second-order valence-electron chi connectivity index (χ2n) is 4.72. The molecule has 0 saturated carbocycles. The molecule has 5 heteroatoms. The lowest BCUT2D eigenvalue weighted by Gasteiger charge is -2.14. The average Bonchev–Trinajstić information content (AvgIpc) is 2.22. The van der Waals surface area contributed by atoms with Gasteiger partial charge in [0, 0.05) is 6.54 Å². The highest BCUT2D eigenvalue weighted by molar-refractivity contribution is 5.66. The molecular formula is C12H22N4O. The van der Waals surface area contributed by atoms with Gasteiger partial charge in [-0.05, 0) is 26.2 Å². The van der Waals surface area contributed by atoms with Crippen LogP contribution < -0.4 is 15.8 Å². The molecule has 1 aromatic rings. The van der Waals surface area contributed by atoms with Crippen LogP contribution in [0.15, 0.2) is 6.33 Å². The lowest BCUT2D eigenvalue weighted by Crippen LogP contribution is -2.13. The zero-order valence-electron chi connectivity index (χ0n) is 11.0. The smallest absolute Gasteiger partial charge is 0.242 e. The summed E-state index contributed by atoms with van der Waals surface area (Å²) < 4.78 is 5.50.